The summed E-state index contributed by atoms with van der Waals surface area (Å²) in [5.41, 5.74) is 0.694. The predicted molar refractivity (Wildman–Crippen MR) is 95.2 cm³/mol. The molecule has 1 aromatic heterocycles. The zero-order chi connectivity index (χ0) is 18.5. The van der Waals surface area contributed by atoms with Gasteiger partial charge in [-0.3, -0.25) is 0 Å². The molecule has 0 spiro atoms. The molecule has 1 N–H and O–H groups in total. The molecule has 25 heavy (non-hydrogen) atoms. The third-order valence-corrected chi connectivity index (χ3v) is 4.96. The van der Waals surface area contributed by atoms with E-state index in [0.717, 1.165) is 11.3 Å². The van der Waals surface area contributed by atoms with Crippen LogP contribution in [0.4, 0.5) is 0 Å². The number of sulfonamides is 1. The fourth-order valence-electron chi connectivity index (χ4n) is 2.13. The van der Waals surface area contributed by atoms with Crippen molar-refractivity contribution in [3.63, 3.8) is 0 Å². The van der Waals surface area contributed by atoms with Crippen LogP contribution < -0.4 is 9.46 Å². The van der Waals surface area contributed by atoms with Crippen molar-refractivity contribution in [2.45, 2.75) is 39.0 Å². The SMILES string of the molecule is COc1cccc(CCS(=O)(=O)NCCc2noc(C(C)(C)C)n2)c1. The van der Waals surface area contributed by atoms with Gasteiger partial charge < -0.3 is 9.26 Å². The lowest BCUT2D eigenvalue weighted by atomic mass is 9.97. The molecule has 2 aromatic rings. The summed E-state index contributed by atoms with van der Waals surface area (Å²) in [6.07, 6.45) is 0.806. The molecular weight excluding hydrogens is 342 g/mol. The van der Waals surface area contributed by atoms with Crippen molar-refractivity contribution in [1.82, 2.24) is 14.9 Å². The van der Waals surface area contributed by atoms with Gasteiger partial charge in [-0.25, -0.2) is 13.1 Å². The number of rotatable bonds is 8. The Morgan fingerprint density at radius 1 is 1.24 bits per heavy atom. The number of benzene rings is 1. The van der Waals surface area contributed by atoms with Gasteiger partial charge in [0.2, 0.25) is 15.9 Å². The smallest absolute Gasteiger partial charge is 0.232 e. The predicted octanol–water partition coefficient (Wildman–Crippen LogP) is 2.08. The van der Waals surface area contributed by atoms with Crippen molar-refractivity contribution in [2.24, 2.45) is 0 Å². The Hall–Kier alpha value is -1.93. The van der Waals surface area contributed by atoms with Crippen LogP contribution >= 0.6 is 0 Å². The van der Waals surface area contributed by atoms with Crippen LogP contribution in [0.1, 0.15) is 38.0 Å². The molecule has 1 heterocycles. The summed E-state index contributed by atoms with van der Waals surface area (Å²) >= 11 is 0. The Balaban J connectivity index is 1.82. The molecule has 0 aliphatic heterocycles. The van der Waals surface area contributed by atoms with E-state index in [-0.39, 0.29) is 17.7 Å². The van der Waals surface area contributed by atoms with Gasteiger partial charge >= 0.3 is 0 Å². The highest BCUT2D eigenvalue weighted by atomic mass is 32.2. The van der Waals surface area contributed by atoms with Crippen molar-refractivity contribution >= 4 is 10.0 Å². The van der Waals surface area contributed by atoms with E-state index < -0.39 is 10.0 Å². The number of aryl methyl sites for hydroxylation is 1. The topological polar surface area (TPSA) is 94.3 Å². The number of ether oxygens (including phenoxy) is 1. The number of nitrogens with one attached hydrogen (secondary N) is 1. The molecule has 0 atom stereocenters. The third-order valence-electron chi connectivity index (χ3n) is 3.57. The van der Waals surface area contributed by atoms with Gasteiger partial charge in [0.05, 0.1) is 12.9 Å². The highest BCUT2D eigenvalue weighted by Gasteiger charge is 2.21. The van der Waals surface area contributed by atoms with Crippen molar-refractivity contribution in [3.8, 4) is 5.75 Å². The van der Waals surface area contributed by atoms with E-state index in [1.807, 2.05) is 45.0 Å². The minimum absolute atomic E-state index is 0.0135. The summed E-state index contributed by atoms with van der Waals surface area (Å²) in [5.74, 6) is 1.78. The molecule has 0 radical (unpaired) electrons. The Kier molecular flexibility index (Phi) is 6.18. The molecule has 0 aliphatic rings. The molecule has 0 unspecified atom stereocenters. The Labute approximate surface area is 148 Å². The second kappa shape index (κ2) is 7.97. The summed E-state index contributed by atoms with van der Waals surface area (Å²) < 4.78 is 37.1. The van der Waals surface area contributed by atoms with Crippen LogP contribution in [0.3, 0.4) is 0 Å². The van der Waals surface area contributed by atoms with Crippen LogP contribution in [0.2, 0.25) is 0 Å². The molecule has 0 bridgehead atoms. The minimum atomic E-state index is -3.37. The fourth-order valence-corrected chi connectivity index (χ4v) is 3.19. The summed E-state index contributed by atoms with van der Waals surface area (Å²) in [6, 6.07) is 7.39. The van der Waals surface area contributed by atoms with Gasteiger partial charge in [0.25, 0.3) is 0 Å². The zero-order valence-electron chi connectivity index (χ0n) is 15.1. The second-order valence-corrected chi connectivity index (χ2v) is 8.76. The van der Waals surface area contributed by atoms with Gasteiger partial charge in [-0.05, 0) is 24.1 Å². The quantitative estimate of drug-likeness (QED) is 0.768. The third kappa shape index (κ3) is 6.13. The van der Waals surface area contributed by atoms with Crippen molar-refractivity contribution in [1.29, 1.82) is 0 Å². The standard InChI is InChI=1S/C17H25N3O4S/c1-17(2,3)16-19-15(20-24-16)8-10-18-25(21,22)11-9-13-6-5-7-14(12-13)23-4/h5-7,12,18H,8-11H2,1-4H3. The molecular formula is C17H25N3O4S. The summed E-state index contributed by atoms with van der Waals surface area (Å²) in [4.78, 5) is 4.29. The van der Waals surface area contributed by atoms with Crippen LogP contribution in [0.25, 0.3) is 0 Å². The molecule has 0 saturated heterocycles. The largest absolute Gasteiger partial charge is 0.497 e. The molecule has 8 heteroatoms. The van der Waals surface area contributed by atoms with Crippen LogP contribution in [-0.4, -0.2) is 38.0 Å². The molecule has 0 aliphatic carbocycles. The maximum absolute atomic E-state index is 12.1. The highest BCUT2D eigenvalue weighted by molar-refractivity contribution is 7.89. The van der Waals surface area contributed by atoms with Gasteiger partial charge in [-0.15, -0.1) is 0 Å². The van der Waals surface area contributed by atoms with Crippen LogP contribution in [0.15, 0.2) is 28.8 Å². The normalized spacial score (nSPS) is 12.3. The van der Waals surface area contributed by atoms with Crippen molar-refractivity contribution in [2.75, 3.05) is 19.4 Å². The molecule has 0 saturated carbocycles. The van der Waals surface area contributed by atoms with Crippen LogP contribution in [0.5, 0.6) is 5.75 Å². The molecule has 138 valence electrons. The number of hydrogen-bond donors (Lipinski definition) is 1. The maximum atomic E-state index is 12.1. The monoisotopic (exact) mass is 367 g/mol. The van der Waals surface area contributed by atoms with E-state index >= 15 is 0 Å². The first-order chi connectivity index (χ1) is 11.7. The Morgan fingerprint density at radius 3 is 2.64 bits per heavy atom. The van der Waals surface area contributed by atoms with Gasteiger partial charge in [0, 0.05) is 18.4 Å². The summed E-state index contributed by atoms with van der Waals surface area (Å²) in [6.45, 7) is 6.17. The fraction of sp³-hybridized carbons (Fsp3) is 0.529. The Bertz CT molecular complexity index is 794. The lowest BCUT2D eigenvalue weighted by Crippen LogP contribution is -2.29. The van der Waals surface area contributed by atoms with Gasteiger partial charge in [0.15, 0.2) is 5.82 Å². The minimum Gasteiger partial charge on any atom is -0.497 e. The van der Waals surface area contributed by atoms with E-state index in [4.69, 9.17) is 9.26 Å². The van der Waals surface area contributed by atoms with E-state index in [1.54, 1.807) is 7.11 Å². The van der Waals surface area contributed by atoms with E-state index in [2.05, 4.69) is 14.9 Å². The molecule has 0 fully saturated rings. The van der Waals surface area contributed by atoms with Gasteiger partial charge in [-0.2, -0.15) is 4.98 Å². The molecule has 0 amide bonds. The number of methoxy groups -OCH3 is 1. The molecule has 1 aromatic carbocycles. The Morgan fingerprint density at radius 2 is 2.00 bits per heavy atom. The number of hydrogen-bond acceptors (Lipinski definition) is 6. The average Bonchev–Trinajstić information content (AvgIpc) is 3.02. The average molecular weight is 367 g/mol. The first kappa shape index (κ1) is 19.4. The molecule has 2 rings (SSSR count). The van der Waals surface area contributed by atoms with E-state index in [9.17, 15) is 8.42 Å². The summed E-state index contributed by atoms with van der Waals surface area (Å²) in [7, 11) is -1.78. The first-order valence-corrected chi connectivity index (χ1v) is 9.78. The molecule has 7 nitrogen and oxygen atoms in total. The van der Waals surface area contributed by atoms with Crippen LogP contribution in [0, 0.1) is 0 Å². The number of nitrogens with zero attached hydrogens (tertiary/aromatic N) is 2. The second-order valence-electron chi connectivity index (χ2n) is 6.83. The van der Waals surface area contributed by atoms with Crippen molar-refractivity contribution in [3.05, 3.63) is 41.5 Å². The van der Waals surface area contributed by atoms with E-state index in [0.29, 0.717) is 24.6 Å². The lowest BCUT2D eigenvalue weighted by molar-refractivity contribution is 0.318. The zero-order valence-corrected chi connectivity index (χ0v) is 15.9. The maximum Gasteiger partial charge on any atom is 0.232 e. The summed E-state index contributed by atoms with van der Waals surface area (Å²) in [5, 5.41) is 3.88. The van der Waals surface area contributed by atoms with Gasteiger partial charge in [0.1, 0.15) is 5.75 Å². The highest BCUT2D eigenvalue weighted by Crippen LogP contribution is 2.19. The number of aromatic nitrogens is 2. The lowest BCUT2D eigenvalue weighted by Gasteiger charge is -2.10. The first-order valence-electron chi connectivity index (χ1n) is 8.13. The van der Waals surface area contributed by atoms with Crippen molar-refractivity contribution < 1.29 is 17.7 Å². The van der Waals surface area contributed by atoms with Crippen LogP contribution in [-0.2, 0) is 28.3 Å². The van der Waals surface area contributed by atoms with E-state index in [1.165, 1.54) is 0 Å². The van der Waals surface area contributed by atoms with Gasteiger partial charge in [-0.1, -0.05) is 38.1 Å².